The third kappa shape index (κ3) is 2.54. The molecule has 0 aromatic heterocycles. The van der Waals surface area contributed by atoms with Crippen LogP contribution in [0.2, 0.25) is 0 Å². The quantitative estimate of drug-likeness (QED) is 0.471. The molecule has 0 spiro atoms. The Hall–Kier alpha value is -3.39. The number of benzene rings is 1. The minimum absolute atomic E-state index is 0.0400. The van der Waals surface area contributed by atoms with Crippen molar-refractivity contribution in [1.29, 1.82) is 10.5 Å². The van der Waals surface area contributed by atoms with Gasteiger partial charge >= 0.3 is 6.03 Å². The lowest BCUT2D eigenvalue weighted by molar-refractivity contribution is -0.115. The first-order valence-electron chi connectivity index (χ1n) is 5.50. The number of anilines is 2. The number of hydrogen-bond donors (Lipinski definition) is 2. The Balaban J connectivity index is 2.23. The molecule has 3 amide bonds. The molecule has 8 nitrogen and oxygen atoms in total. The molecule has 2 rings (SSSR count). The fourth-order valence-corrected chi connectivity index (χ4v) is 1.59. The average molecular weight is 268 g/mol. The molecule has 1 heterocycles. The normalized spacial score (nSPS) is 13.2. The van der Waals surface area contributed by atoms with Crippen LogP contribution < -0.4 is 15.6 Å². The maximum atomic E-state index is 11.6. The van der Waals surface area contributed by atoms with Crippen molar-refractivity contribution in [3.05, 3.63) is 24.3 Å². The van der Waals surface area contributed by atoms with E-state index in [1.807, 2.05) is 0 Å². The van der Waals surface area contributed by atoms with Gasteiger partial charge in [0.15, 0.2) is 0 Å². The minimum atomic E-state index is -0.495. The van der Waals surface area contributed by atoms with Gasteiger partial charge < -0.3 is 5.32 Å². The number of rotatable bonds is 3. The van der Waals surface area contributed by atoms with Crippen LogP contribution in [0, 0.1) is 22.7 Å². The van der Waals surface area contributed by atoms with Gasteiger partial charge in [-0.25, -0.2) is 9.69 Å². The summed E-state index contributed by atoms with van der Waals surface area (Å²) >= 11 is 0. The average Bonchev–Trinajstić information content (AvgIpc) is 2.79. The third-order valence-electron chi connectivity index (χ3n) is 2.46. The maximum Gasteiger partial charge on any atom is 0.329 e. The molecular formula is C12H8N6O2. The largest absolute Gasteiger partial charge is 0.329 e. The number of imide groups is 1. The van der Waals surface area contributed by atoms with Crippen LogP contribution in [-0.4, -0.2) is 24.2 Å². The summed E-state index contributed by atoms with van der Waals surface area (Å²) in [6.07, 6.45) is 0. The van der Waals surface area contributed by atoms with Crippen LogP contribution in [-0.2, 0) is 4.79 Å². The summed E-state index contributed by atoms with van der Waals surface area (Å²) in [5.41, 5.74) is 3.00. The molecule has 0 atom stereocenters. The highest BCUT2D eigenvalue weighted by molar-refractivity contribution is 6.20. The van der Waals surface area contributed by atoms with Crippen LogP contribution in [0.5, 0.6) is 0 Å². The van der Waals surface area contributed by atoms with Crippen molar-refractivity contribution in [2.45, 2.75) is 0 Å². The van der Waals surface area contributed by atoms with Crippen LogP contribution >= 0.6 is 0 Å². The van der Waals surface area contributed by atoms with E-state index in [9.17, 15) is 9.59 Å². The van der Waals surface area contributed by atoms with E-state index < -0.39 is 6.03 Å². The lowest BCUT2D eigenvalue weighted by Crippen LogP contribution is -2.30. The van der Waals surface area contributed by atoms with Gasteiger partial charge in [0, 0.05) is 0 Å². The van der Waals surface area contributed by atoms with Gasteiger partial charge in [-0.05, 0) is 18.2 Å². The Kier molecular flexibility index (Phi) is 3.59. The summed E-state index contributed by atoms with van der Waals surface area (Å²) in [5, 5.41) is 23.1. The van der Waals surface area contributed by atoms with Crippen molar-refractivity contribution in [3.63, 3.8) is 0 Å². The number of hydrogen-bond acceptors (Lipinski definition) is 6. The van der Waals surface area contributed by atoms with Crippen molar-refractivity contribution in [1.82, 2.24) is 5.32 Å². The van der Waals surface area contributed by atoms with Gasteiger partial charge in [-0.2, -0.15) is 15.6 Å². The molecule has 1 aromatic carbocycles. The number of carbonyl (C=O) groups excluding carboxylic acids is 2. The van der Waals surface area contributed by atoms with Crippen LogP contribution in [0.25, 0.3) is 0 Å². The van der Waals surface area contributed by atoms with Gasteiger partial charge in [0.25, 0.3) is 5.91 Å². The Labute approximate surface area is 113 Å². The molecular weight excluding hydrogens is 260 g/mol. The van der Waals surface area contributed by atoms with Crippen molar-refractivity contribution in [2.24, 2.45) is 5.10 Å². The van der Waals surface area contributed by atoms with Gasteiger partial charge in [0.05, 0.1) is 17.9 Å². The Morgan fingerprint density at radius 1 is 1.35 bits per heavy atom. The van der Waals surface area contributed by atoms with E-state index >= 15 is 0 Å². The number of nitrogens with one attached hydrogen (secondary N) is 2. The van der Waals surface area contributed by atoms with E-state index in [1.54, 1.807) is 30.3 Å². The number of nitriles is 2. The van der Waals surface area contributed by atoms with Gasteiger partial charge in [-0.3, -0.25) is 10.2 Å². The van der Waals surface area contributed by atoms with Crippen LogP contribution in [0.4, 0.5) is 16.2 Å². The van der Waals surface area contributed by atoms with Crippen LogP contribution in [0.15, 0.2) is 29.4 Å². The maximum absolute atomic E-state index is 11.6. The van der Waals surface area contributed by atoms with Gasteiger partial charge in [0.1, 0.15) is 12.1 Å². The topological polar surface area (TPSA) is 121 Å². The molecule has 0 unspecified atom stereocenters. The molecule has 20 heavy (non-hydrogen) atoms. The Morgan fingerprint density at radius 2 is 2.10 bits per heavy atom. The van der Waals surface area contributed by atoms with Crippen molar-refractivity contribution >= 4 is 29.0 Å². The van der Waals surface area contributed by atoms with E-state index in [2.05, 4.69) is 15.8 Å². The zero-order valence-electron chi connectivity index (χ0n) is 10.1. The van der Waals surface area contributed by atoms with Crippen molar-refractivity contribution < 1.29 is 9.59 Å². The molecule has 0 bridgehead atoms. The summed E-state index contributed by atoms with van der Waals surface area (Å²) in [4.78, 5) is 24.1. The summed E-state index contributed by atoms with van der Waals surface area (Å²) in [6, 6.07) is 9.05. The lowest BCUT2D eigenvalue weighted by Gasteiger charge is -2.13. The molecule has 8 heteroatoms. The second-order valence-corrected chi connectivity index (χ2v) is 3.73. The fraction of sp³-hybridized carbons (Fsp3) is 0.0833. The minimum Gasteiger partial charge on any atom is -0.328 e. The highest BCUT2D eigenvalue weighted by Crippen LogP contribution is 2.21. The predicted molar refractivity (Wildman–Crippen MR) is 69.6 cm³/mol. The molecule has 1 saturated heterocycles. The molecule has 2 N–H and O–H groups in total. The SMILES string of the molecule is N#CC(C#N)=NNc1cccc(N2C(=O)CNC2=O)c1. The van der Waals surface area contributed by atoms with E-state index in [0.717, 1.165) is 4.90 Å². The molecule has 1 aliphatic heterocycles. The molecule has 1 fully saturated rings. The van der Waals surface area contributed by atoms with Crippen LogP contribution in [0.1, 0.15) is 0 Å². The van der Waals surface area contributed by atoms with Crippen molar-refractivity contribution in [2.75, 3.05) is 16.9 Å². The monoisotopic (exact) mass is 268 g/mol. The van der Waals surface area contributed by atoms with Crippen molar-refractivity contribution in [3.8, 4) is 12.1 Å². The van der Waals surface area contributed by atoms with Gasteiger partial charge in [-0.15, -0.1) is 0 Å². The third-order valence-corrected chi connectivity index (χ3v) is 2.46. The Bertz CT molecular complexity index is 650. The zero-order chi connectivity index (χ0) is 14.5. The van der Waals surface area contributed by atoms with Crippen LogP contribution in [0.3, 0.4) is 0 Å². The first-order chi connectivity index (χ1) is 9.65. The van der Waals surface area contributed by atoms with Gasteiger partial charge in [0.2, 0.25) is 5.71 Å². The first-order valence-corrected chi connectivity index (χ1v) is 5.50. The van der Waals surface area contributed by atoms with Gasteiger partial charge in [-0.1, -0.05) is 6.07 Å². The smallest absolute Gasteiger partial charge is 0.328 e. The number of hydrazone groups is 1. The second kappa shape index (κ2) is 5.50. The number of nitrogens with zero attached hydrogens (tertiary/aromatic N) is 4. The summed E-state index contributed by atoms with van der Waals surface area (Å²) in [7, 11) is 0. The molecule has 1 aliphatic rings. The fourth-order valence-electron chi connectivity index (χ4n) is 1.59. The van der Waals surface area contributed by atoms with E-state index in [1.165, 1.54) is 6.07 Å². The molecule has 0 aliphatic carbocycles. The predicted octanol–water partition coefficient (Wildman–Crippen LogP) is 0.558. The number of urea groups is 1. The number of amides is 3. The summed E-state index contributed by atoms with van der Waals surface area (Å²) in [6.45, 7) is -0.0400. The molecule has 0 radical (unpaired) electrons. The molecule has 1 aromatic rings. The standard InChI is InChI=1S/C12H8N6O2/c13-5-9(6-14)17-16-8-2-1-3-10(4-8)18-11(19)7-15-12(18)20/h1-4,16H,7H2,(H,15,20). The lowest BCUT2D eigenvalue weighted by atomic mass is 10.2. The highest BCUT2D eigenvalue weighted by Gasteiger charge is 2.29. The highest BCUT2D eigenvalue weighted by atomic mass is 16.2. The second-order valence-electron chi connectivity index (χ2n) is 3.73. The summed E-state index contributed by atoms with van der Waals surface area (Å²) < 4.78 is 0. The first kappa shape index (κ1) is 13.1. The van der Waals surface area contributed by atoms with E-state index in [4.69, 9.17) is 10.5 Å². The number of carbonyl (C=O) groups is 2. The van der Waals surface area contributed by atoms with E-state index in [0.29, 0.717) is 11.4 Å². The molecule has 98 valence electrons. The Morgan fingerprint density at radius 3 is 2.70 bits per heavy atom. The summed E-state index contributed by atoms with van der Waals surface area (Å²) in [5.74, 6) is -0.356. The van der Waals surface area contributed by atoms with E-state index in [-0.39, 0.29) is 18.2 Å². The zero-order valence-corrected chi connectivity index (χ0v) is 10.1. The molecule has 0 saturated carbocycles.